The van der Waals surface area contributed by atoms with Crippen LogP contribution in [0.25, 0.3) is 0 Å². The Morgan fingerprint density at radius 2 is 2.12 bits per heavy atom. The van der Waals surface area contributed by atoms with E-state index in [-0.39, 0.29) is 0 Å². The molecule has 3 heteroatoms. The van der Waals surface area contributed by atoms with Crippen molar-refractivity contribution in [2.24, 2.45) is 5.92 Å². The first-order valence-corrected chi connectivity index (χ1v) is 6.29. The number of hydrogen-bond donors (Lipinski definition) is 1. The number of nitrogens with zero attached hydrogens (tertiary/aromatic N) is 2. The third-order valence-corrected chi connectivity index (χ3v) is 3.60. The van der Waals surface area contributed by atoms with Gasteiger partial charge in [0.2, 0.25) is 0 Å². The number of rotatable bonds is 3. The third-order valence-electron chi connectivity index (χ3n) is 3.60. The van der Waals surface area contributed by atoms with E-state index < -0.39 is 0 Å². The molecular formula is C13H21N3. The summed E-state index contributed by atoms with van der Waals surface area (Å²) < 4.78 is 0. The Hall–Kier alpha value is -0.960. The normalized spacial score (nSPS) is 27.6. The topological polar surface area (TPSA) is 37.8 Å². The average molecular weight is 219 g/mol. The molecule has 0 amide bonds. The van der Waals surface area contributed by atoms with E-state index in [0.717, 1.165) is 11.6 Å². The molecule has 0 aromatic carbocycles. The molecule has 3 atom stereocenters. The van der Waals surface area contributed by atoms with E-state index >= 15 is 0 Å². The molecule has 3 unspecified atom stereocenters. The second kappa shape index (κ2) is 5.39. The quantitative estimate of drug-likeness (QED) is 0.849. The molecule has 1 heterocycles. The van der Waals surface area contributed by atoms with Crippen LogP contribution in [0, 0.1) is 5.92 Å². The molecule has 1 saturated carbocycles. The van der Waals surface area contributed by atoms with Gasteiger partial charge in [0.05, 0.1) is 5.69 Å². The minimum Gasteiger partial charge on any atom is -0.306 e. The molecule has 1 N–H and O–H groups in total. The van der Waals surface area contributed by atoms with Crippen LogP contribution in [0.5, 0.6) is 0 Å². The van der Waals surface area contributed by atoms with Crippen LogP contribution >= 0.6 is 0 Å². The summed E-state index contributed by atoms with van der Waals surface area (Å²) in [5.74, 6) is 0.785. The summed E-state index contributed by atoms with van der Waals surface area (Å²) in [6, 6.07) is 0.949. The van der Waals surface area contributed by atoms with Gasteiger partial charge in [0, 0.05) is 30.7 Å². The van der Waals surface area contributed by atoms with Gasteiger partial charge >= 0.3 is 0 Å². The fourth-order valence-corrected chi connectivity index (χ4v) is 2.50. The standard InChI is InChI=1S/C13H21N3/c1-10-5-3-4-6-12(10)16-11(2)13-9-14-7-8-15-13/h7-12,16H,3-6H2,1-2H3. The second-order valence-electron chi connectivity index (χ2n) is 4.89. The number of hydrogen-bond acceptors (Lipinski definition) is 3. The van der Waals surface area contributed by atoms with Gasteiger partial charge in [-0.1, -0.05) is 19.8 Å². The van der Waals surface area contributed by atoms with Crippen molar-refractivity contribution in [3.05, 3.63) is 24.3 Å². The molecule has 88 valence electrons. The Balaban J connectivity index is 1.94. The molecule has 1 aromatic heterocycles. The molecular weight excluding hydrogens is 198 g/mol. The van der Waals surface area contributed by atoms with Gasteiger partial charge in [0.1, 0.15) is 0 Å². The molecule has 0 radical (unpaired) electrons. The van der Waals surface area contributed by atoms with Crippen LogP contribution in [0.4, 0.5) is 0 Å². The highest BCUT2D eigenvalue weighted by Crippen LogP contribution is 2.25. The van der Waals surface area contributed by atoms with E-state index in [1.165, 1.54) is 25.7 Å². The van der Waals surface area contributed by atoms with Gasteiger partial charge < -0.3 is 5.32 Å². The molecule has 1 aromatic rings. The number of aromatic nitrogens is 2. The van der Waals surface area contributed by atoms with Crippen molar-refractivity contribution in [3.63, 3.8) is 0 Å². The fraction of sp³-hybridized carbons (Fsp3) is 0.692. The van der Waals surface area contributed by atoms with Crippen molar-refractivity contribution < 1.29 is 0 Å². The van der Waals surface area contributed by atoms with Gasteiger partial charge in [0.25, 0.3) is 0 Å². The van der Waals surface area contributed by atoms with Crippen LogP contribution in [-0.4, -0.2) is 16.0 Å². The molecule has 0 aliphatic heterocycles. The number of nitrogens with one attached hydrogen (secondary N) is 1. The van der Waals surface area contributed by atoms with Crippen molar-refractivity contribution in [1.29, 1.82) is 0 Å². The summed E-state index contributed by atoms with van der Waals surface area (Å²) in [6.07, 6.45) is 10.7. The van der Waals surface area contributed by atoms with Gasteiger partial charge in [-0.05, 0) is 25.7 Å². The fourth-order valence-electron chi connectivity index (χ4n) is 2.50. The van der Waals surface area contributed by atoms with Crippen LogP contribution in [0.1, 0.15) is 51.3 Å². The lowest BCUT2D eigenvalue weighted by Gasteiger charge is -2.32. The lowest BCUT2D eigenvalue weighted by molar-refractivity contribution is 0.262. The van der Waals surface area contributed by atoms with Gasteiger partial charge in [-0.25, -0.2) is 0 Å². The molecule has 0 bridgehead atoms. The van der Waals surface area contributed by atoms with Crippen LogP contribution in [0.3, 0.4) is 0 Å². The predicted molar refractivity (Wildman–Crippen MR) is 65.0 cm³/mol. The Morgan fingerprint density at radius 3 is 2.81 bits per heavy atom. The van der Waals surface area contributed by atoms with E-state index in [1.54, 1.807) is 12.4 Å². The highest BCUT2D eigenvalue weighted by molar-refractivity contribution is 5.01. The van der Waals surface area contributed by atoms with E-state index in [4.69, 9.17) is 0 Å². The Morgan fingerprint density at radius 1 is 1.31 bits per heavy atom. The van der Waals surface area contributed by atoms with E-state index in [0.29, 0.717) is 12.1 Å². The summed E-state index contributed by atoms with van der Waals surface area (Å²) in [7, 11) is 0. The lowest BCUT2D eigenvalue weighted by Crippen LogP contribution is -2.38. The predicted octanol–water partition coefficient (Wildman–Crippen LogP) is 2.71. The Kier molecular flexibility index (Phi) is 3.88. The molecule has 3 nitrogen and oxygen atoms in total. The SMILES string of the molecule is CC(NC1CCCCC1C)c1cnccn1. The van der Waals surface area contributed by atoms with Crippen molar-refractivity contribution in [1.82, 2.24) is 15.3 Å². The first-order chi connectivity index (χ1) is 7.77. The Labute approximate surface area is 97.7 Å². The smallest absolute Gasteiger partial charge is 0.0753 e. The summed E-state index contributed by atoms with van der Waals surface area (Å²) in [6.45, 7) is 4.52. The highest BCUT2D eigenvalue weighted by Gasteiger charge is 2.23. The van der Waals surface area contributed by atoms with Crippen molar-refractivity contribution in [2.45, 2.75) is 51.6 Å². The average Bonchev–Trinajstić information content (AvgIpc) is 2.33. The summed E-state index contributed by atoms with van der Waals surface area (Å²) in [4.78, 5) is 8.46. The molecule has 16 heavy (non-hydrogen) atoms. The van der Waals surface area contributed by atoms with Gasteiger partial charge in [-0.2, -0.15) is 0 Å². The van der Waals surface area contributed by atoms with Crippen molar-refractivity contribution >= 4 is 0 Å². The summed E-state index contributed by atoms with van der Waals surface area (Å²) >= 11 is 0. The zero-order valence-electron chi connectivity index (χ0n) is 10.2. The molecule has 0 saturated heterocycles. The molecule has 1 fully saturated rings. The van der Waals surface area contributed by atoms with E-state index in [1.807, 2.05) is 6.20 Å². The zero-order chi connectivity index (χ0) is 11.4. The Bertz CT molecular complexity index is 312. The maximum Gasteiger partial charge on any atom is 0.0753 e. The summed E-state index contributed by atoms with van der Waals surface area (Å²) in [5.41, 5.74) is 1.04. The van der Waals surface area contributed by atoms with Crippen LogP contribution < -0.4 is 5.32 Å². The highest BCUT2D eigenvalue weighted by atomic mass is 15.0. The molecule has 2 rings (SSSR count). The third kappa shape index (κ3) is 2.79. The van der Waals surface area contributed by atoms with Gasteiger partial charge in [-0.15, -0.1) is 0 Å². The second-order valence-corrected chi connectivity index (χ2v) is 4.89. The van der Waals surface area contributed by atoms with Gasteiger partial charge in [0.15, 0.2) is 0 Å². The van der Waals surface area contributed by atoms with E-state index in [9.17, 15) is 0 Å². The van der Waals surface area contributed by atoms with Crippen LogP contribution in [0.15, 0.2) is 18.6 Å². The zero-order valence-corrected chi connectivity index (χ0v) is 10.2. The monoisotopic (exact) mass is 219 g/mol. The molecule has 1 aliphatic rings. The maximum absolute atomic E-state index is 4.34. The van der Waals surface area contributed by atoms with E-state index in [2.05, 4.69) is 29.1 Å². The largest absolute Gasteiger partial charge is 0.306 e. The molecule has 0 spiro atoms. The summed E-state index contributed by atoms with van der Waals surface area (Å²) in [5, 5.41) is 3.68. The molecule has 1 aliphatic carbocycles. The first kappa shape index (κ1) is 11.5. The lowest BCUT2D eigenvalue weighted by atomic mass is 9.85. The van der Waals surface area contributed by atoms with Crippen LogP contribution in [0.2, 0.25) is 0 Å². The minimum atomic E-state index is 0.305. The van der Waals surface area contributed by atoms with Gasteiger partial charge in [-0.3, -0.25) is 9.97 Å². The van der Waals surface area contributed by atoms with Crippen LogP contribution in [-0.2, 0) is 0 Å². The van der Waals surface area contributed by atoms with Crippen molar-refractivity contribution in [3.8, 4) is 0 Å². The minimum absolute atomic E-state index is 0.305. The first-order valence-electron chi connectivity index (χ1n) is 6.29. The maximum atomic E-state index is 4.34. The van der Waals surface area contributed by atoms with Crippen molar-refractivity contribution in [2.75, 3.05) is 0 Å².